The van der Waals surface area contributed by atoms with Gasteiger partial charge in [0.15, 0.2) is 0 Å². The van der Waals surface area contributed by atoms with Gasteiger partial charge in [0.1, 0.15) is 10.0 Å². The first-order valence-corrected chi connectivity index (χ1v) is 7.78. The summed E-state index contributed by atoms with van der Waals surface area (Å²) >= 11 is 1.63. The molecule has 1 aromatic carbocycles. The van der Waals surface area contributed by atoms with E-state index >= 15 is 0 Å². The second kappa shape index (κ2) is 5.99. The molecule has 1 saturated heterocycles. The predicted octanol–water partition coefficient (Wildman–Crippen LogP) is 2.91. The fourth-order valence-corrected chi connectivity index (χ4v) is 3.19. The molecule has 1 aliphatic rings. The Bertz CT molecular complexity index is 561. The van der Waals surface area contributed by atoms with E-state index in [1.54, 1.807) is 11.3 Å². The van der Waals surface area contributed by atoms with E-state index in [2.05, 4.69) is 46.3 Å². The molecule has 2 aromatic rings. The second-order valence-corrected chi connectivity index (χ2v) is 6.25. The minimum Gasteiger partial charge on any atom is -0.379 e. The maximum absolute atomic E-state index is 5.41. The van der Waals surface area contributed by atoms with E-state index in [4.69, 9.17) is 4.74 Å². The van der Waals surface area contributed by atoms with E-state index < -0.39 is 0 Å². The molecule has 0 radical (unpaired) electrons. The molecule has 0 amide bonds. The lowest BCUT2D eigenvalue weighted by molar-refractivity contribution is 0.0198. The van der Waals surface area contributed by atoms with Crippen LogP contribution in [0.1, 0.15) is 23.5 Å². The van der Waals surface area contributed by atoms with Gasteiger partial charge in [-0.05, 0) is 19.4 Å². The first-order chi connectivity index (χ1) is 9.74. The van der Waals surface area contributed by atoms with Gasteiger partial charge in [0.05, 0.1) is 13.2 Å². The number of ether oxygens (including phenoxy) is 1. The van der Waals surface area contributed by atoms with Gasteiger partial charge < -0.3 is 4.74 Å². The van der Waals surface area contributed by atoms with Crippen molar-refractivity contribution in [1.29, 1.82) is 0 Å². The molecule has 0 bridgehead atoms. The van der Waals surface area contributed by atoms with Crippen LogP contribution in [0.4, 0.5) is 0 Å². The van der Waals surface area contributed by atoms with Gasteiger partial charge in [0, 0.05) is 24.7 Å². The number of hydrogen-bond acceptors (Lipinski definition) is 5. The van der Waals surface area contributed by atoms with Crippen molar-refractivity contribution in [2.45, 2.75) is 19.9 Å². The van der Waals surface area contributed by atoms with Crippen LogP contribution in [0, 0.1) is 6.92 Å². The minimum atomic E-state index is 0.434. The molecule has 5 heteroatoms. The lowest BCUT2D eigenvalue weighted by atomic mass is 10.0. The van der Waals surface area contributed by atoms with E-state index in [1.165, 1.54) is 5.56 Å². The van der Waals surface area contributed by atoms with Gasteiger partial charge in [-0.2, -0.15) is 0 Å². The highest BCUT2D eigenvalue weighted by atomic mass is 32.1. The molecule has 0 saturated carbocycles. The van der Waals surface area contributed by atoms with E-state index in [0.717, 1.165) is 41.9 Å². The van der Waals surface area contributed by atoms with Crippen LogP contribution in [0.2, 0.25) is 0 Å². The Morgan fingerprint density at radius 3 is 2.45 bits per heavy atom. The maximum Gasteiger partial charge on any atom is 0.147 e. The lowest BCUT2D eigenvalue weighted by Crippen LogP contribution is -2.37. The van der Waals surface area contributed by atoms with E-state index in [9.17, 15) is 0 Å². The summed E-state index contributed by atoms with van der Waals surface area (Å²) in [7, 11) is 0. The molecule has 1 aliphatic heterocycles. The highest BCUT2D eigenvalue weighted by Crippen LogP contribution is 2.26. The summed E-state index contributed by atoms with van der Waals surface area (Å²) in [6.45, 7) is 7.95. The lowest BCUT2D eigenvalue weighted by Gasteiger charge is -2.32. The summed E-state index contributed by atoms with van der Waals surface area (Å²) in [4.78, 5) is 2.47. The molecule has 0 aliphatic carbocycles. The number of aromatic nitrogens is 2. The number of benzene rings is 1. The number of aryl methyl sites for hydroxylation is 1. The Kier molecular flexibility index (Phi) is 4.10. The predicted molar refractivity (Wildman–Crippen MR) is 80.9 cm³/mol. The number of rotatable bonds is 3. The summed E-state index contributed by atoms with van der Waals surface area (Å²) in [5.74, 6) is 0. The van der Waals surface area contributed by atoms with E-state index in [-0.39, 0.29) is 0 Å². The monoisotopic (exact) mass is 289 g/mol. The van der Waals surface area contributed by atoms with Crippen molar-refractivity contribution < 1.29 is 4.74 Å². The Labute approximate surface area is 123 Å². The molecular formula is C15H19N3OS. The zero-order valence-corrected chi connectivity index (χ0v) is 12.7. The third-order valence-corrected chi connectivity index (χ3v) is 4.65. The molecule has 2 heterocycles. The number of hydrogen-bond donors (Lipinski definition) is 0. The molecule has 0 spiro atoms. The molecule has 3 rings (SSSR count). The van der Waals surface area contributed by atoms with Gasteiger partial charge in [-0.3, -0.25) is 4.90 Å². The van der Waals surface area contributed by atoms with Gasteiger partial charge in [-0.15, -0.1) is 10.2 Å². The molecule has 1 atom stereocenters. The summed E-state index contributed by atoms with van der Waals surface area (Å²) in [5.41, 5.74) is 2.49. The highest BCUT2D eigenvalue weighted by molar-refractivity contribution is 7.14. The molecule has 0 unspecified atom stereocenters. The summed E-state index contributed by atoms with van der Waals surface area (Å²) in [6.07, 6.45) is 0. The first-order valence-electron chi connectivity index (χ1n) is 6.96. The van der Waals surface area contributed by atoms with Crippen molar-refractivity contribution in [3.8, 4) is 10.6 Å². The average molecular weight is 289 g/mol. The molecule has 0 N–H and O–H groups in total. The standard InChI is InChI=1S/C15H19N3OS/c1-11(18-7-9-19-10-8-18)13-3-5-14(6-4-13)15-17-16-12(2)20-15/h3-6,11H,7-10H2,1-2H3/t11-/m0/s1. The Balaban J connectivity index is 1.75. The topological polar surface area (TPSA) is 38.2 Å². The van der Waals surface area contributed by atoms with Gasteiger partial charge in [-0.25, -0.2) is 0 Å². The SMILES string of the molecule is Cc1nnc(-c2ccc([C@H](C)N3CCOCC3)cc2)s1. The molecule has 106 valence electrons. The largest absolute Gasteiger partial charge is 0.379 e. The van der Waals surface area contributed by atoms with Crippen molar-refractivity contribution in [3.63, 3.8) is 0 Å². The van der Waals surface area contributed by atoms with Crippen molar-refractivity contribution in [2.24, 2.45) is 0 Å². The van der Waals surface area contributed by atoms with Gasteiger partial charge in [-0.1, -0.05) is 35.6 Å². The molecule has 1 fully saturated rings. The molecular weight excluding hydrogens is 270 g/mol. The molecule has 4 nitrogen and oxygen atoms in total. The van der Waals surface area contributed by atoms with Crippen LogP contribution in [0.25, 0.3) is 10.6 Å². The van der Waals surface area contributed by atoms with E-state index in [1.807, 2.05) is 6.92 Å². The van der Waals surface area contributed by atoms with Crippen LogP contribution < -0.4 is 0 Å². The minimum absolute atomic E-state index is 0.434. The van der Waals surface area contributed by atoms with Gasteiger partial charge >= 0.3 is 0 Å². The summed E-state index contributed by atoms with van der Waals surface area (Å²) in [5, 5.41) is 10.3. The van der Waals surface area contributed by atoms with Gasteiger partial charge in [0.25, 0.3) is 0 Å². The average Bonchev–Trinajstić information content (AvgIpc) is 2.94. The van der Waals surface area contributed by atoms with Gasteiger partial charge in [0.2, 0.25) is 0 Å². The fraction of sp³-hybridized carbons (Fsp3) is 0.467. The number of morpholine rings is 1. The normalized spacial score (nSPS) is 18.1. The third kappa shape index (κ3) is 2.90. The first kappa shape index (κ1) is 13.7. The Morgan fingerprint density at radius 1 is 1.15 bits per heavy atom. The zero-order chi connectivity index (χ0) is 13.9. The van der Waals surface area contributed by atoms with Crippen molar-refractivity contribution in [3.05, 3.63) is 34.8 Å². The second-order valence-electron chi connectivity index (χ2n) is 5.07. The zero-order valence-electron chi connectivity index (χ0n) is 11.9. The highest BCUT2D eigenvalue weighted by Gasteiger charge is 2.18. The van der Waals surface area contributed by atoms with Crippen molar-refractivity contribution in [2.75, 3.05) is 26.3 Å². The van der Waals surface area contributed by atoms with Crippen LogP contribution in [-0.4, -0.2) is 41.4 Å². The number of nitrogens with zero attached hydrogens (tertiary/aromatic N) is 3. The molecule has 20 heavy (non-hydrogen) atoms. The quantitative estimate of drug-likeness (QED) is 0.871. The Morgan fingerprint density at radius 2 is 1.85 bits per heavy atom. The third-order valence-electron chi connectivity index (χ3n) is 3.76. The van der Waals surface area contributed by atoms with Crippen molar-refractivity contribution >= 4 is 11.3 Å². The van der Waals surface area contributed by atoms with Crippen LogP contribution in [0.5, 0.6) is 0 Å². The van der Waals surface area contributed by atoms with Crippen LogP contribution >= 0.6 is 11.3 Å². The van der Waals surface area contributed by atoms with Crippen LogP contribution in [0.3, 0.4) is 0 Å². The van der Waals surface area contributed by atoms with Crippen LogP contribution in [-0.2, 0) is 4.74 Å². The molecule has 1 aromatic heterocycles. The summed E-state index contributed by atoms with van der Waals surface area (Å²) < 4.78 is 5.41. The van der Waals surface area contributed by atoms with Crippen LogP contribution in [0.15, 0.2) is 24.3 Å². The summed E-state index contributed by atoms with van der Waals surface area (Å²) in [6, 6.07) is 9.13. The van der Waals surface area contributed by atoms with Crippen molar-refractivity contribution in [1.82, 2.24) is 15.1 Å². The smallest absolute Gasteiger partial charge is 0.147 e. The van der Waals surface area contributed by atoms with E-state index in [0.29, 0.717) is 6.04 Å². The Hall–Kier alpha value is -1.30. The fourth-order valence-electron chi connectivity index (χ4n) is 2.49. The maximum atomic E-state index is 5.41.